The molecular formula is C23H32O5Si. The van der Waals surface area contributed by atoms with Crippen molar-refractivity contribution in [2.45, 2.75) is 69.8 Å². The van der Waals surface area contributed by atoms with E-state index in [1.807, 2.05) is 18.2 Å². The Balaban J connectivity index is 1.43. The molecule has 0 bridgehead atoms. The summed E-state index contributed by atoms with van der Waals surface area (Å²) in [7, 11) is -1.92. The van der Waals surface area contributed by atoms with Gasteiger partial charge in [-0.3, -0.25) is 0 Å². The molecule has 1 aromatic carbocycles. The van der Waals surface area contributed by atoms with E-state index in [2.05, 4.69) is 52.1 Å². The van der Waals surface area contributed by atoms with Crippen LogP contribution in [0.3, 0.4) is 0 Å². The van der Waals surface area contributed by atoms with Crippen molar-refractivity contribution in [1.29, 1.82) is 0 Å². The van der Waals surface area contributed by atoms with Crippen LogP contribution in [-0.2, 0) is 23.4 Å². The Kier molecular flexibility index (Phi) is 4.81. The Hall–Kier alpha value is -1.02. The molecule has 29 heavy (non-hydrogen) atoms. The molecule has 7 atom stereocenters. The van der Waals surface area contributed by atoms with Crippen molar-refractivity contribution in [3.05, 3.63) is 47.5 Å². The Labute approximate surface area is 174 Å². The van der Waals surface area contributed by atoms with E-state index in [0.717, 1.165) is 5.56 Å². The maximum atomic E-state index is 6.91. The summed E-state index contributed by atoms with van der Waals surface area (Å²) in [5.41, 5.74) is 2.36. The summed E-state index contributed by atoms with van der Waals surface area (Å²) in [6.07, 6.45) is 1.59. The van der Waals surface area contributed by atoms with E-state index in [4.69, 9.17) is 23.4 Å². The average molecular weight is 417 g/mol. The highest BCUT2D eigenvalue weighted by atomic mass is 28.4. The summed E-state index contributed by atoms with van der Waals surface area (Å²) in [5.74, 6) is 0.432. The molecular weight excluding hydrogens is 384 g/mol. The molecule has 0 amide bonds. The van der Waals surface area contributed by atoms with Crippen molar-refractivity contribution in [1.82, 2.24) is 0 Å². The first-order chi connectivity index (χ1) is 13.7. The first-order valence-electron chi connectivity index (χ1n) is 10.7. The molecule has 5 rings (SSSR count). The molecule has 0 radical (unpaired) electrons. The minimum Gasteiger partial charge on any atom is -0.410 e. The van der Waals surface area contributed by atoms with Gasteiger partial charge in [0, 0.05) is 17.4 Å². The highest BCUT2D eigenvalue weighted by Gasteiger charge is 2.59. The topological polar surface area (TPSA) is 46.2 Å². The first kappa shape index (κ1) is 19.9. The van der Waals surface area contributed by atoms with Crippen LogP contribution in [0.1, 0.15) is 32.6 Å². The van der Waals surface area contributed by atoms with Gasteiger partial charge in [0.1, 0.15) is 6.10 Å². The average Bonchev–Trinajstić information content (AvgIpc) is 3.23. The lowest BCUT2D eigenvalue weighted by Gasteiger charge is -2.49. The zero-order chi connectivity index (χ0) is 20.4. The molecule has 0 N–H and O–H groups in total. The maximum absolute atomic E-state index is 6.91. The highest BCUT2D eigenvalue weighted by Crippen LogP contribution is 2.52. The molecule has 3 fully saturated rings. The van der Waals surface area contributed by atoms with Gasteiger partial charge in [0.2, 0.25) is 0 Å². The van der Waals surface area contributed by atoms with Gasteiger partial charge in [0.15, 0.2) is 20.9 Å². The zero-order valence-electron chi connectivity index (χ0n) is 18.0. The predicted molar refractivity (Wildman–Crippen MR) is 112 cm³/mol. The minimum absolute atomic E-state index is 0.0493. The molecule has 1 unspecified atom stereocenters. The van der Waals surface area contributed by atoms with E-state index in [0.29, 0.717) is 13.2 Å². The molecule has 0 saturated carbocycles. The Bertz CT molecular complexity index is 786. The maximum Gasteiger partial charge on any atom is 0.192 e. The third-order valence-electron chi connectivity index (χ3n) is 7.36. The van der Waals surface area contributed by atoms with Gasteiger partial charge in [0.25, 0.3) is 0 Å². The fourth-order valence-corrected chi connectivity index (χ4v) is 6.03. The van der Waals surface area contributed by atoms with E-state index in [9.17, 15) is 0 Å². The van der Waals surface area contributed by atoms with E-state index >= 15 is 0 Å². The minimum atomic E-state index is -1.92. The van der Waals surface area contributed by atoms with Crippen LogP contribution in [0, 0.1) is 11.8 Å². The second-order valence-electron chi connectivity index (χ2n) is 10.2. The van der Waals surface area contributed by atoms with Crippen LogP contribution in [0.25, 0.3) is 0 Å². The summed E-state index contributed by atoms with van der Waals surface area (Å²) in [4.78, 5) is 0. The van der Waals surface area contributed by atoms with Gasteiger partial charge in [-0.05, 0) is 23.7 Å². The van der Waals surface area contributed by atoms with Gasteiger partial charge in [0.05, 0.1) is 25.4 Å². The van der Waals surface area contributed by atoms with Crippen LogP contribution in [-0.4, -0.2) is 46.1 Å². The van der Waals surface area contributed by atoms with Crippen LogP contribution in [0.2, 0.25) is 18.1 Å². The van der Waals surface area contributed by atoms with E-state index in [1.165, 1.54) is 5.57 Å². The summed E-state index contributed by atoms with van der Waals surface area (Å²) in [6.45, 7) is 12.6. The van der Waals surface area contributed by atoms with Crippen LogP contribution in [0.15, 0.2) is 42.0 Å². The lowest BCUT2D eigenvalue weighted by molar-refractivity contribution is -0.335. The van der Waals surface area contributed by atoms with Gasteiger partial charge < -0.3 is 23.4 Å². The second-order valence-corrected chi connectivity index (χ2v) is 15.0. The molecule has 3 saturated heterocycles. The van der Waals surface area contributed by atoms with E-state index in [1.54, 1.807) is 0 Å². The standard InChI is InChI=1S/C23H32O5Si/c1-23(2,3)29(4,5)28-16-11-15-12-24-22-18(15)19(16)20-17(26-22)13-25-21(27-20)14-9-7-6-8-10-14/h6-11,16-22H,12-13H2,1-5H3/t16-,17+,18+,19-,20+,21?,22-/m0/s1. The monoisotopic (exact) mass is 416 g/mol. The van der Waals surface area contributed by atoms with Crippen molar-refractivity contribution in [3.8, 4) is 0 Å². The summed E-state index contributed by atoms with van der Waals surface area (Å²) < 4.78 is 31.7. The van der Waals surface area contributed by atoms with E-state index < -0.39 is 8.32 Å². The van der Waals surface area contributed by atoms with Crippen LogP contribution in [0.4, 0.5) is 0 Å². The summed E-state index contributed by atoms with van der Waals surface area (Å²) in [6, 6.07) is 10.2. The van der Waals surface area contributed by atoms with Gasteiger partial charge in [-0.2, -0.15) is 0 Å². The molecule has 0 spiro atoms. The van der Waals surface area contributed by atoms with Crippen molar-refractivity contribution in [3.63, 3.8) is 0 Å². The Morgan fingerprint density at radius 2 is 1.79 bits per heavy atom. The number of hydrogen-bond acceptors (Lipinski definition) is 5. The predicted octanol–water partition coefficient (Wildman–Crippen LogP) is 4.42. The second kappa shape index (κ2) is 7.01. The Morgan fingerprint density at radius 1 is 1.03 bits per heavy atom. The van der Waals surface area contributed by atoms with Crippen molar-refractivity contribution in [2.24, 2.45) is 11.8 Å². The zero-order valence-corrected chi connectivity index (χ0v) is 19.0. The van der Waals surface area contributed by atoms with Gasteiger partial charge >= 0.3 is 0 Å². The number of benzene rings is 1. The van der Waals surface area contributed by atoms with Crippen molar-refractivity contribution in [2.75, 3.05) is 13.2 Å². The lowest BCUT2D eigenvalue weighted by Crippen LogP contribution is -2.58. The normalized spacial score (nSPS) is 39.1. The molecule has 3 aliphatic heterocycles. The summed E-state index contributed by atoms with van der Waals surface area (Å²) in [5, 5.41) is 0.160. The number of rotatable bonds is 3. The lowest BCUT2D eigenvalue weighted by atomic mass is 9.81. The fourth-order valence-electron chi connectivity index (χ4n) is 4.77. The number of hydrogen-bond donors (Lipinski definition) is 0. The third kappa shape index (κ3) is 3.34. The summed E-state index contributed by atoms with van der Waals surface area (Å²) >= 11 is 0. The molecule has 1 aromatic rings. The number of fused-ring (bicyclic) bond motifs is 2. The molecule has 4 aliphatic rings. The number of ether oxygens (including phenoxy) is 4. The smallest absolute Gasteiger partial charge is 0.192 e. The highest BCUT2D eigenvalue weighted by molar-refractivity contribution is 6.74. The largest absolute Gasteiger partial charge is 0.410 e. The van der Waals surface area contributed by atoms with Gasteiger partial charge in [-0.25, -0.2) is 0 Å². The molecule has 0 aromatic heterocycles. The van der Waals surface area contributed by atoms with E-state index in [-0.39, 0.29) is 47.8 Å². The fraction of sp³-hybridized carbons (Fsp3) is 0.652. The van der Waals surface area contributed by atoms with Gasteiger partial charge in [-0.1, -0.05) is 57.2 Å². The van der Waals surface area contributed by atoms with Crippen molar-refractivity contribution < 1.29 is 23.4 Å². The van der Waals surface area contributed by atoms with Crippen LogP contribution < -0.4 is 0 Å². The SMILES string of the molecule is CC(C)(C)[Si](C)(C)O[C@H]1C=C2CO[C@H]3O[C@@H]4COC(c5ccccc5)O[C@H]4[C@@H]1[C@@H]23. The van der Waals surface area contributed by atoms with Crippen molar-refractivity contribution >= 4 is 8.32 Å². The van der Waals surface area contributed by atoms with Crippen LogP contribution >= 0.6 is 0 Å². The molecule has 158 valence electrons. The Morgan fingerprint density at radius 3 is 2.52 bits per heavy atom. The third-order valence-corrected chi connectivity index (χ3v) is 11.8. The van der Waals surface area contributed by atoms with Gasteiger partial charge in [-0.15, -0.1) is 0 Å². The first-order valence-corrected chi connectivity index (χ1v) is 13.6. The molecule has 1 aliphatic carbocycles. The molecule has 6 heteroatoms. The van der Waals surface area contributed by atoms with Crippen LogP contribution in [0.5, 0.6) is 0 Å². The molecule has 3 heterocycles. The molecule has 5 nitrogen and oxygen atoms in total. The quantitative estimate of drug-likeness (QED) is 0.539.